The Balaban J connectivity index is 1.99. The highest BCUT2D eigenvalue weighted by Gasteiger charge is 2.11. The maximum Gasteiger partial charge on any atom is 0.262 e. The fraction of sp³-hybridized carbons (Fsp3) is 0.188. The van der Waals surface area contributed by atoms with Gasteiger partial charge in [0.2, 0.25) is 0 Å². The van der Waals surface area contributed by atoms with Crippen LogP contribution in [-0.4, -0.2) is 14.5 Å². The number of thioether (sulfide) groups is 1. The summed E-state index contributed by atoms with van der Waals surface area (Å²) >= 11 is 16.7. The third-order valence-electron chi connectivity index (χ3n) is 3.39. The molecule has 8 heteroatoms. The summed E-state index contributed by atoms with van der Waals surface area (Å²) in [6, 6.07) is 9.03. The lowest BCUT2D eigenvalue weighted by atomic mass is 10.2. The van der Waals surface area contributed by atoms with Crippen LogP contribution in [0, 0.1) is 0 Å². The normalized spacial score (nSPS) is 11.2. The Morgan fingerprint density at radius 1 is 1.17 bits per heavy atom. The highest BCUT2D eigenvalue weighted by atomic mass is 79.9. The van der Waals surface area contributed by atoms with Gasteiger partial charge in [0.1, 0.15) is 10.3 Å². The Kier molecular flexibility index (Phi) is 5.49. The minimum atomic E-state index is -0.0444. The summed E-state index contributed by atoms with van der Waals surface area (Å²) in [5.74, 6) is 0.594. The minimum Gasteiger partial charge on any atom is -0.287 e. The van der Waals surface area contributed by atoms with Crippen molar-refractivity contribution < 1.29 is 0 Å². The smallest absolute Gasteiger partial charge is 0.262 e. The van der Waals surface area contributed by atoms with Crippen molar-refractivity contribution in [1.29, 1.82) is 0 Å². The quantitative estimate of drug-likeness (QED) is 0.316. The van der Waals surface area contributed by atoms with Crippen molar-refractivity contribution in [3.8, 4) is 0 Å². The van der Waals surface area contributed by atoms with Crippen molar-refractivity contribution >= 4 is 61.8 Å². The summed E-state index contributed by atoms with van der Waals surface area (Å²) in [5, 5.41) is 1.97. The number of benzene rings is 1. The zero-order valence-electron chi connectivity index (χ0n) is 12.6. The monoisotopic (exact) mass is 443 g/mol. The standard InChI is InChI=1S/C16H12BrCl2N3OS/c1-2-22-15(23)11-7-10(17)3-4-12(11)20-16(22)24-8-9-5-13(18)21-14(19)6-9/h3-7H,2,8H2,1H3. The number of aromatic nitrogens is 3. The molecular formula is C16H12BrCl2N3OS. The largest absolute Gasteiger partial charge is 0.287 e. The van der Waals surface area contributed by atoms with E-state index in [1.54, 1.807) is 22.8 Å². The van der Waals surface area contributed by atoms with Crippen LogP contribution in [0.5, 0.6) is 0 Å². The molecule has 0 aliphatic carbocycles. The van der Waals surface area contributed by atoms with Crippen LogP contribution in [0.1, 0.15) is 12.5 Å². The number of nitrogens with zero attached hydrogens (tertiary/aromatic N) is 3. The van der Waals surface area contributed by atoms with Gasteiger partial charge in [-0.3, -0.25) is 9.36 Å². The maximum atomic E-state index is 12.7. The van der Waals surface area contributed by atoms with Crippen LogP contribution in [0.15, 0.2) is 44.8 Å². The van der Waals surface area contributed by atoms with Crippen LogP contribution in [0.25, 0.3) is 10.9 Å². The second kappa shape index (κ2) is 7.44. The van der Waals surface area contributed by atoms with Gasteiger partial charge < -0.3 is 0 Å². The lowest BCUT2D eigenvalue weighted by molar-refractivity contribution is 0.634. The van der Waals surface area contributed by atoms with Gasteiger partial charge in [-0.1, -0.05) is 50.9 Å². The van der Waals surface area contributed by atoms with Crippen LogP contribution >= 0.6 is 50.9 Å². The molecule has 0 radical (unpaired) electrons. The molecule has 3 rings (SSSR count). The molecule has 0 unspecified atom stereocenters. The predicted molar refractivity (Wildman–Crippen MR) is 103 cm³/mol. The molecule has 0 saturated heterocycles. The van der Waals surface area contributed by atoms with Gasteiger partial charge in [-0.15, -0.1) is 0 Å². The lowest BCUT2D eigenvalue weighted by Crippen LogP contribution is -2.22. The number of pyridine rings is 1. The first-order valence-corrected chi connectivity index (χ1v) is 9.66. The van der Waals surface area contributed by atoms with Crippen LogP contribution in [0.4, 0.5) is 0 Å². The van der Waals surface area contributed by atoms with E-state index >= 15 is 0 Å². The molecule has 24 heavy (non-hydrogen) atoms. The van der Waals surface area contributed by atoms with Crippen molar-refractivity contribution in [3.05, 3.63) is 61.0 Å². The number of fused-ring (bicyclic) bond motifs is 1. The van der Waals surface area contributed by atoms with Crippen LogP contribution in [0.3, 0.4) is 0 Å². The fourth-order valence-electron chi connectivity index (χ4n) is 2.31. The molecule has 0 N–H and O–H groups in total. The number of rotatable bonds is 4. The first-order valence-electron chi connectivity index (χ1n) is 7.13. The third kappa shape index (κ3) is 3.77. The van der Waals surface area contributed by atoms with Crippen molar-refractivity contribution in [2.24, 2.45) is 0 Å². The second-order valence-corrected chi connectivity index (χ2v) is 7.65. The molecule has 0 aliphatic rings. The molecule has 2 heterocycles. The Morgan fingerprint density at radius 3 is 2.54 bits per heavy atom. The van der Waals surface area contributed by atoms with Crippen LogP contribution in [0.2, 0.25) is 10.3 Å². The van der Waals surface area contributed by atoms with Gasteiger partial charge in [0.15, 0.2) is 5.16 Å². The van der Waals surface area contributed by atoms with E-state index in [-0.39, 0.29) is 5.56 Å². The van der Waals surface area contributed by atoms with Gasteiger partial charge in [-0.25, -0.2) is 9.97 Å². The minimum absolute atomic E-state index is 0.0444. The molecule has 0 saturated carbocycles. The predicted octanol–water partition coefficient (Wildman–Crippen LogP) is 5.17. The molecule has 1 aromatic carbocycles. The molecule has 0 fully saturated rings. The van der Waals surface area contributed by atoms with Crippen molar-refractivity contribution in [1.82, 2.24) is 14.5 Å². The van der Waals surface area contributed by atoms with E-state index in [0.717, 1.165) is 10.0 Å². The number of halogens is 3. The van der Waals surface area contributed by atoms with Crippen LogP contribution in [-0.2, 0) is 12.3 Å². The van der Waals surface area contributed by atoms with Gasteiger partial charge in [-0.05, 0) is 42.8 Å². The molecule has 0 aliphatic heterocycles. The second-order valence-electron chi connectivity index (χ2n) is 5.01. The maximum absolute atomic E-state index is 12.7. The summed E-state index contributed by atoms with van der Waals surface area (Å²) in [6.07, 6.45) is 0. The zero-order chi connectivity index (χ0) is 17.3. The first-order chi connectivity index (χ1) is 11.5. The number of hydrogen-bond acceptors (Lipinski definition) is 4. The van der Waals surface area contributed by atoms with Gasteiger partial charge in [0.25, 0.3) is 5.56 Å². The van der Waals surface area contributed by atoms with Gasteiger partial charge >= 0.3 is 0 Å². The average Bonchev–Trinajstić information content (AvgIpc) is 2.53. The van der Waals surface area contributed by atoms with Gasteiger partial charge in [-0.2, -0.15) is 0 Å². The van der Waals surface area contributed by atoms with Crippen LogP contribution < -0.4 is 5.56 Å². The van der Waals surface area contributed by atoms with Crippen molar-refractivity contribution in [3.63, 3.8) is 0 Å². The summed E-state index contributed by atoms with van der Waals surface area (Å²) in [5.41, 5.74) is 1.57. The highest BCUT2D eigenvalue weighted by Crippen LogP contribution is 2.25. The van der Waals surface area contributed by atoms with E-state index in [4.69, 9.17) is 23.2 Å². The SMILES string of the molecule is CCn1c(SCc2cc(Cl)nc(Cl)c2)nc2ccc(Br)cc2c1=O. The molecule has 0 atom stereocenters. The third-order valence-corrected chi connectivity index (χ3v) is 5.32. The van der Waals surface area contributed by atoms with E-state index in [1.165, 1.54) is 11.8 Å². The fourth-order valence-corrected chi connectivity index (χ4v) is 4.17. The van der Waals surface area contributed by atoms with E-state index in [1.807, 2.05) is 19.1 Å². The lowest BCUT2D eigenvalue weighted by Gasteiger charge is -2.11. The summed E-state index contributed by atoms with van der Waals surface area (Å²) in [7, 11) is 0. The molecule has 3 aromatic rings. The van der Waals surface area contributed by atoms with Gasteiger partial charge in [0.05, 0.1) is 10.9 Å². The van der Waals surface area contributed by atoms with Gasteiger partial charge in [0, 0.05) is 16.8 Å². The van der Waals surface area contributed by atoms with Crippen molar-refractivity contribution in [2.75, 3.05) is 0 Å². The van der Waals surface area contributed by atoms with E-state index < -0.39 is 0 Å². The molecule has 0 bridgehead atoms. The first kappa shape index (κ1) is 17.7. The van der Waals surface area contributed by atoms with E-state index in [9.17, 15) is 4.79 Å². The van der Waals surface area contributed by atoms with E-state index in [0.29, 0.717) is 38.7 Å². The molecule has 2 aromatic heterocycles. The number of hydrogen-bond donors (Lipinski definition) is 0. The average molecular weight is 445 g/mol. The summed E-state index contributed by atoms with van der Waals surface area (Å²) < 4.78 is 2.53. The highest BCUT2D eigenvalue weighted by molar-refractivity contribution is 9.10. The summed E-state index contributed by atoms with van der Waals surface area (Å²) in [4.78, 5) is 21.3. The van der Waals surface area contributed by atoms with E-state index in [2.05, 4.69) is 25.9 Å². The Labute approximate surface area is 161 Å². The molecule has 4 nitrogen and oxygen atoms in total. The topological polar surface area (TPSA) is 47.8 Å². The molecule has 124 valence electrons. The Morgan fingerprint density at radius 2 is 1.88 bits per heavy atom. The molecule has 0 amide bonds. The Bertz CT molecular complexity index is 957. The Hall–Kier alpha value is -1.08. The van der Waals surface area contributed by atoms with Crippen molar-refractivity contribution in [2.45, 2.75) is 24.4 Å². The summed E-state index contributed by atoms with van der Waals surface area (Å²) in [6.45, 7) is 2.48. The molecular weight excluding hydrogens is 433 g/mol. The zero-order valence-corrected chi connectivity index (χ0v) is 16.5. The molecule has 0 spiro atoms.